The van der Waals surface area contributed by atoms with E-state index in [9.17, 15) is 22.4 Å². The van der Waals surface area contributed by atoms with E-state index in [0.29, 0.717) is 31.3 Å². The Labute approximate surface area is 119 Å². The Balaban J connectivity index is 2.38. The summed E-state index contributed by atoms with van der Waals surface area (Å²) < 4.78 is 51.9. The van der Waals surface area contributed by atoms with Crippen LogP contribution in [0.5, 0.6) is 0 Å². The zero-order valence-corrected chi connectivity index (χ0v) is 11.7. The van der Waals surface area contributed by atoms with Crippen molar-refractivity contribution >= 4 is 5.91 Å². The monoisotopic (exact) mass is 304 g/mol. The maximum atomic E-state index is 13.8. The summed E-state index contributed by atoms with van der Waals surface area (Å²) in [5, 5.41) is 3.10. The Morgan fingerprint density at radius 3 is 2.33 bits per heavy atom. The number of carbonyl (C=O) groups is 1. The maximum absolute atomic E-state index is 13.8. The van der Waals surface area contributed by atoms with Gasteiger partial charge >= 0.3 is 6.18 Å². The van der Waals surface area contributed by atoms with E-state index in [1.165, 1.54) is 4.90 Å². The first-order valence-electron chi connectivity index (χ1n) is 6.62. The number of halogens is 4. The summed E-state index contributed by atoms with van der Waals surface area (Å²) in [4.78, 5) is 13.8. The van der Waals surface area contributed by atoms with Crippen molar-refractivity contribution in [1.29, 1.82) is 0 Å². The summed E-state index contributed by atoms with van der Waals surface area (Å²) in [6, 6.07) is 1.48. The Morgan fingerprint density at radius 2 is 1.81 bits per heavy atom. The molecule has 2 rings (SSSR count). The molecule has 0 radical (unpaired) electrons. The van der Waals surface area contributed by atoms with Crippen LogP contribution in [-0.2, 0) is 6.18 Å². The number of carbonyl (C=O) groups excluding carboxylic acids is 1. The largest absolute Gasteiger partial charge is 0.416 e. The number of hydrogen-bond donors (Lipinski definition) is 1. The quantitative estimate of drug-likeness (QED) is 0.809. The predicted molar refractivity (Wildman–Crippen MR) is 69.4 cm³/mol. The lowest BCUT2D eigenvalue weighted by Gasteiger charge is -2.39. The first-order valence-corrected chi connectivity index (χ1v) is 6.62. The third kappa shape index (κ3) is 3.18. The van der Waals surface area contributed by atoms with E-state index in [0.717, 1.165) is 0 Å². The van der Waals surface area contributed by atoms with Gasteiger partial charge in [0.05, 0.1) is 11.1 Å². The van der Waals surface area contributed by atoms with Gasteiger partial charge in [0.2, 0.25) is 0 Å². The van der Waals surface area contributed by atoms with Crippen molar-refractivity contribution in [3.8, 4) is 0 Å². The van der Waals surface area contributed by atoms with Gasteiger partial charge in [-0.1, -0.05) is 0 Å². The van der Waals surface area contributed by atoms with Gasteiger partial charge in [-0.15, -0.1) is 0 Å². The van der Waals surface area contributed by atoms with Crippen molar-refractivity contribution in [3.05, 3.63) is 35.1 Å². The molecule has 1 aromatic rings. The fourth-order valence-electron chi connectivity index (χ4n) is 2.54. The number of hydrogen-bond acceptors (Lipinski definition) is 2. The molecule has 0 bridgehead atoms. The summed E-state index contributed by atoms with van der Waals surface area (Å²) in [7, 11) is 0. The van der Waals surface area contributed by atoms with E-state index in [4.69, 9.17) is 0 Å². The van der Waals surface area contributed by atoms with Crippen LogP contribution >= 0.6 is 0 Å². The van der Waals surface area contributed by atoms with Gasteiger partial charge in [-0.05, 0) is 32.0 Å². The molecule has 1 amide bonds. The molecule has 116 valence electrons. The average molecular weight is 304 g/mol. The predicted octanol–water partition coefficient (Wildman–Crippen LogP) is 2.67. The van der Waals surface area contributed by atoms with Crippen LogP contribution in [0.3, 0.4) is 0 Å². The highest BCUT2D eigenvalue weighted by Crippen LogP contribution is 2.31. The first-order chi connectivity index (χ1) is 9.71. The maximum Gasteiger partial charge on any atom is 0.416 e. The Hall–Kier alpha value is -1.63. The van der Waals surface area contributed by atoms with E-state index in [2.05, 4.69) is 5.32 Å². The van der Waals surface area contributed by atoms with Crippen LogP contribution in [0.4, 0.5) is 17.6 Å². The highest BCUT2D eigenvalue weighted by atomic mass is 19.4. The zero-order chi connectivity index (χ0) is 15.8. The second-order valence-electron chi connectivity index (χ2n) is 5.26. The zero-order valence-electron chi connectivity index (χ0n) is 11.7. The molecule has 21 heavy (non-hydrogen) atoms. The number of nitrogens with one attached hydrogen (secondary N) is 1. The smallest absolute Gasteiger partial charge is 0.331 e. The van der Waals surface area contributed by atoms with Gasteiger partial charge < -0.3 is 10.2 Å². The summed E-state index contributed by atoms with van der Waals surface area (Å²) in [5.74, 6) is -1.65. The summed E-state index contributed by atoms with van der Waals surface area (Å²) in [5.41, 5.74) is -1.56. The van der Waals surface area contributed by atoms with Crippen molar-refractivity contribution in [2.75, 3.05) is 13.1 Å². The highest BCUT2D eigenvalue weighted by molar-refractivity contribution is 5.95. The topological polar surface area (TPSA) is 32.3 Å². The number of amides is 1. The molecule has 1 fully saturated rings. The summed E-state index contributed by atoms with van der Waals surface area (Å²) in [6.07, 6.45) is -4.61. The Bertz CT molecular complexity index is 534. The van der Waals surface area contributed by atoms with Crippen molar-refractivity contribution in [1.82, 2.24) is 10.2 Å². The Morgan fingerprint density at radius 1 is 1.24 bits per heavy atom. The van der Waals surface area contributed by atoms with Crippen LogP contribution in [0, 0.1) is 5.82 Å². The minimum absolute atomic E-state index is 0.213. The third-order valence-corrected chi connectivity index (χ3v) is 3.59. The van der Waals surface area contributed by atoms with Crippen LogP contribution in [0.25, 0.3) is 0 Å². The van der Waals surface area contributed by atoms with E-state index in [1.54, 1.807) is 13.8 Å². The van der Waals surface area contributed by atoms with Crippen LogP contribution in [0.15, 0.2) is 18.2 Å². The van der Waals surface area contributed by atoms with Gasteiger partial charge in [0.25, 0.3) is 5.91 Å². The van der Waals surface area contributed by atoms with Gasteiger partial charge in [0, 0.05) is 25.2 Å². The second-order valence-corrected chi connectivity index (χ2v) is 5.26. The third-order valence-electron chi connectivity index (χ3n) is 3.59. The molecule has 3 nitrogen and oxygen atoms in total. The van der Waals surface area contributed by atoms with E-state index in [-0.39, 0.29) is 12.1 Å². The molecule has 1 aliphatic rings. The summed E-state index contributed by atoms with van der Waals surface area (Å²) >= 11 is 0. The minimum Gasteiger partial charge on any atom is -0.331 e. The van der Waals surface area contributed by atoms with Crippen LogP contribution < -0.4 is 5.32 Å². The van der Waals surface area contributed by atoms with E-state index < -0.39 is 29.0 Å². The molecule has 2 unspecified atom stereocenters. The number of nitrogens with zero attached hydrogens (tertiary/aromatic N) is 1. The molecule has 2 atom stereocenters. The fourth-order valence-corrected chi connectivity index (χ4v) is 2.54. The van der Waals surface area contributed by atoms with E-state index in [1.807, 2.05) is 0 Å². The normalized spacial score (nSPS) is 23.2. The minimum atomic E-state index is -4.61. The van der Waals surface area contributed by atoms with Crippen molar-refractivity contribution in [3.63, 3.8) is 0 Å². The standard InChI is InChI=1S/C14H16F4N2O/c1-8-6-19-7-9(2)20(8)13(21)11-5-10(14(16,17)18)3-4-12(11)15/h3-5,8-9,19H,6-7H2,1-2H3. The molecule has 0 aliphatic carbocycles. The molecular formula is C14H16F4N2O. The van der Waals surface area contributed by atoms with Crippen LogP contribution in [0.1, 0.15) is 29.8 Å². The SMILES string of the molecule is CC1CNCC(C)N1C(=O)c1cc(C(F)(F)F)ccc1F. The van der Waals surface area contributed by atoms with Gasteiger partial charge in [-0.3, -0.25) is 4.79 Å². The molecule has 7 heteroatoms. The molecular weight excluding hydrogens is 288 g/mol. The van der Waals surface area contributed by atoms with Gasteiger partial charge in [-0.25, -0.2) is 4.39 Å². The van der Waals surface area contributed by atoms with Crippen molar-refractivity contribution in [2.45, 2.75) is 32.1 Å². The molecule has 1 saturated heterocycles. The molecule has 1 aliphatic heterocycles. The van der Waals surface area contributed by atoms with Crippen molar-refractivity contribution in [2.24, 2.45) is 0 Å². The number of piperazine rings is 1. The lowest BCUT2D eigenvalue weighted by atomic mass is 10.0. The van der Waals surface area contributed by atoms with Crippen LogP contribution in [-0.4, -0.2) is 36.0 Å². The van der Waals surface area contributed by atoms with Crippen LogP contribution in [0.2, 0.25) is 0 Å². The first kappa shape index (κ1) is 15.8. The second kappa shape index (κ2) is 5.63. The lowest BCUT2D eigenvalue weighted by molar-refractivity contribution is -0.137. The lowest BCUT2D eigenvalue weighted by Crippen LogP contribution is -2.57. The van der Waals surface area contributed by atoms with Gasteiger partial charge in [-0.2, -0.15) is 13.2 Å². The fraction of sp³-hybridized carbons (Fsp3) is 0.500. The number of benzene rings is 1. The molecule has 0 spiro atoms. The summed E-state index contributed by atoms with van der Waals surface area (Å²) in [6.45, 7) is 4.59. The molecule has 1 N–H and O–H groups in total. The number of rotatable bonds is 1. The average Bonchev–Trinajstić information content (AvgIpc) is 2.37. The number of alkyl halides is 3. The van der Waals surface area contributed by atoms with Crippen molar-refractivity contribution < 1.29 is 22.4 Å². The molecule has 0 saturated carbocycles. The highest BCUT2D eigenvalue weighted by Gasteiger charge is 2.35. The van der Waals surface area contributed by atoms with Gasteiger partial charge in [0.15, 0.2) is 0 Å². The van der Waals surface area contributed by atoms with E-state index >= 15 is 0 Å². The molecule has 0 aromatic heterocycles. The van der Waals surface area contributed by atoms with Gasteiger partial charge in [0.1, 0.15) is 5.82 Å². The molecule has 1 aromatic carbocycles. The Kier molecular flexibility index (Phi) is 4.22. The molecule has 1 heterocycles.